The highest BCUT2D eigenvalue weighted by atomic mass is 16.2. The van der Waals surface area contributed by atoms with Crippen molar-refractivity contribution in [2.24, 2.45) is 11.8 Å². The number of piperazine rings is 1. The maximum atomic E-state index is 12.8. The molecule has 0 aromatic rings. The summed E-state index contributed by atoms with van der Waals surface area (Å²) in [5, 5.41) is 3.00. The van der Waals surface area contributed by atoms with Crippen LogP contribution >= 0.6 is 0 Å². The van der Waals surface area contributed by atoms with E-state index in [0.29, 0.717) is 11.8 Å². The molecular formula is C15H24N2O2. The lowest BCUT2D eigenvalue weighted by Crippen LogP contribution is -2.66. The Morgan fingerprint density at radius 3 is 2.16 bits per heavy atom. The molecule has 0 radical (unpaired) electrons. The summed E-state index contributed by atoms with van der Waals surface area (Å²) in [5.74, 6) is 1.09. The van der Waals surface area contributed by atoms with Crippen molar-refractivity contribution in [2.75, 3.05) is 0 Å². The molecule has 1 heterocycles. The summed E-state index contributed by atoms with van der Waals surface area (Å²) in [6, 6.07) is -0.194. The van der Waals surface area contributed by atoms with Crippen LogP contribution in [0.4, 0.5) is 0 Å². The summed E-state index contributed by atoms with van der Waals surface area (Å²) in [5.41, 5.74) is 0. The number of rotatable bonds is 5. The van der Waals surface area contributed by atoms with Gasteiger partial charge < -0.3 is 10.2 Å². The lowest BCUT2D eigenvalue weighted by atomic mass is 9.96. The number of hydrogen-bond acceptors (Lipinski definition) is 2. The van der Waals surface area contributed by atoms with Crippen molar-refractivity contribution in [3.8, 4) is 0 Å². The van der Waals surface area contributed by atoms with E-state index in [1.165, 1.54) is 0 Å². The number of carbonyl (C=O) groups excluding carboxylic acids is 2. The fraction of sp³-hybridized carbons (Fsp3) is 0.867. The van der Waals surface area contributed by atoms with Crippen LogP contribution in [0.2, 0.25) is 0 Å². The monoisotopic (exact) mass is 264 g/mol. The number of carbonyl (C=O) groups is 2. The molecular weight excluding hydrogens is 240 g/mol. The zero-order chi connectivity index (χ0) is 13.6. The van der Waals surface area contributed by atoms with Gasteiger partial charge >= 0.3 is 0 Å². The fourth-order valence-corrected chi connectivity index (χ4v) is 3.42. The van der Waals surface area contributed by atoms with Crippen LogP contribution in [0.3, 0.4) is 0 Å². The molecule has 19 heavy (non-hydrogen) atoms. The van der Waals surface area contributed by atoms with Crippen molar-refractivity contribution in [1.29, 1.82) is 0 Å². The molecule has 2 aliphatic carbocycles. The predicted octanol–water partition coefficient (Wildman–Crippen LogP) is 1.69. The van der Waals surface area contributed by atoms with Gasteiger partial charge in [-0.25, -0.2) is 0 Å². The maximum absolute atomic E-state index is 12.8. The van der Waals surface area contributed by atoms with Crippen LogP contribution in [-0.2, 0) is 9.59 Å². The van der Waals surface area contributed by atoms with E-state index in [1.54, 1.807) is 0 Å². The summed E-state index contributed by atoms with van der Waals surface area (Å²) in [4.78, 5) is 27.1. The van der Waals surface area contributed by atoms with Gasteiger partial charge in [0.05, 0.1) is 0 Å². The number of nitrogens with zero attached hydrogens (tertiary/aromatic N) is 1. The third kappa shape index (κ3) is 2.26. The molecule has 0 spiro atoms. The maximum Gasteiger partial charge on any atom is 0.246 e. The Morgan fingerprint density at radius 1 is 1.11 bits per heavy atom. The van der Waals surface area contributed by atoms with Crippen molar-refractivity contribution >= 4 is 11.8 Å². The summed E-state index contributed by atoms with van der Waals surface area (Å²) in [7, 11) is 0. The molecule has 2 unspecified atom stereocenters. The van der Waals surface area contributed by atoms with Gasteiger partial charge in [0.1, 0.15) is 12.1 Å². The zero-order valence-electron chi connectivity index (χ0n) is 11.9. The minimum atomic E-state index is -0.233. The minimum Gasteiger partial charge on any atom is -0.342 e. The van der Waals surface area contributed by atoms with Gasteiger partial charge in [0, 0.05) is 6.04 Å². The van der Waals surface area contributed by atoms with Crippen molar-refractivity contribution in [2.45, 2.75) is 70.5 Å². The number of hydrogen-bond donors (Lipinski definition) is 1. The first-order valence-electron chi connectivity index (χ1n) is 7.79. The second-order valence-electron chi connectivity index (χ2n) is 6.32. The molecule has 4 heteroatoms. The minimum absolute atomic E-state index is 0.103. The lowest BCUT2D eigenvalue weighted by molar-refractivity contribution is -0.154. The second kappa shape index (κ2) is 4.80. The molecule has 1 N–H and O–H groups in total. The van der Waals surface area contributed by atoms with Crippen LogP contribution in [-0.4, -0.2) is 34.8 Å². The van der Waals surface area contributed by atoms with Gasteiger partial charge in [0.2, 0.25) is 11.8 Å². The first kappa shape index (κ1) is 12.9. The molecule has 106 valence electrons. The van der Waals surface area contributed by atoms with E-state index >= 15 is 0 Å². The van der Waals surface area contributed by atoms with Gasteiger partial charge in [0.25, 0.3) is 0 Å². The molecule has 3 aliphatic rings. The van der Waals surface area contributed by atoms with E-state index in [9.17, 15) is 9.59 Å². The summed E-state index contributed by atoms with van der Waals surface area (Å²) in [6.45, 7) is 4.23. The highest BCUT2D eigenvalue weighted by Crippen LogP contribution is 2.41. The quantitative estimate of drug-likeness (QED) is 0.821. The van der Waals surface area contributed by atoms with Crippen LogP contribution in [0.1, 0.15) is 52.4 Å². The third-order valence-corrected chi connectivity index (χ3v) is 4.88. The Bertz CT molecular complexity index is 384. The van der Waals surface area contributed by atoms with Crippen LogP contribution in [0.25, 0.3) is 0 Å². The van der Waals surface area contributed by atoms with Crippen molar-refractivity contribution < 1.29 is 9.59 Å². The predicted molar refractivity (Wildman–Crippen MR) is 72.4 cm³/mol. The molecule has 1 aliphatic heterocycles. The highest BCUT2D eigenvalue weighted by molar-refractivity contribution is 5.98. The van der Waals surface area contributed by atoms with E-state index in [1.807, 2.05) is 4.90 Å². The molecule has 2 saturated carbocycles. The van der Waals surface area contributed by atoms with E-state index in [0.717, 1.165) is 38.5 Å². The van der Waals surface area contributed by atoms with E-state index in [2.05, 4.69) is 19.2 Å². The van der Waals surface area contributed by atoms with Crippen LogP contribution in [0.15, 0.2) is 0 Å². The topological polar surface area (TPSA) is 49.4 Å². The average Bonchev–Trinajstić information content (AvgIpc) is 3.27. The smallest absolute Gasteiger partial charge is 0.246 e. The zero-order valence-corrected chi connectivity index (χ0v) is 11.9. The van der Waals surface area contributed by atoms with E-state index < -0.39 is 0 Å². The van der Waals surface area contributed by atoms with Gasteiger partial charge in [0.15, 0.2) is 0 Å². The molecule has 1 saturated heterocycles. The Hall–Kier alpha value is -1.06. The lowest BCUT2D eigenvalue weighted by Gasteiger charge is -2.43. The molecule has 0 bridgehead atoms. The standard InChI is InChI=1S/C15H24N2O2/c1-3-11(4-2)17-13(10-7-8-10)14(18)16-12(15(17)19)9-5-6-9/h9-13H,3-8H2,1-2H3,(H,16,18). The largest absolute Gasteiger partial charge is 0.342 e. The number of nitrogens with one attached hydrogen (secondary N) is 1. The first-order valence-corrected chi connectivity index (χ1v) is 7.79. The molecule has 4 nitrogen and oxygen atoms in total. The highest BCUT2D eigenvalue weighted by Gasteiger charge is 2.52. The molecule has 2 atom stereocenters. The van der Waals surface area contributed by atoms with Gasteiger partial charge in [-0.15, -0.1) is 0 Å². The van der Waals surface area contributed by atoms with Crippen LogP contribution in [0.5, 0.6) is 0 Å². The second-order valence-corrected chi connectivity index (χ2v) is 6.32. The summed E-state index contributed by atoms with van der Waals surface area (Å²) < 4.78 is 0. The van der Waals surface area contributed by atoms with Gasteiger partial charge in [-0.2, -0.15) is 0 Å². The third-order valence-electron chi connectivity index (χ3n) is 4.88. The summed E-state index contributed by atoms with van der Waals surface area (Å²) >= 11 is 0. The number of amides is 2. The normalized spacial score (nSPS) is 31.8. The molecule has 3 fully saturated rings. The Kier molecular flexibility index (Phi) is 3.27. The molecule has 0 aromatic carbocycles. The Morgan fingerprint density at radius 2 is 1.68 bits per heavy atom. The molecule has 0 aromatic heterocycles. The van der Waals surface area contributed by atoms with Gasteiger partial charge in [-0.1, -0.05) is 13.8 Å². The van der Waals surface area contributed by atoms with Crippen LogP contribution in [0, 0.1) is 11.8 Å². The Balaban J connectivity index is 1.86. The average molecular weight is 264 g/mol. The SMILES string of the molecule is CCC(CC)N1C(=O)C(C2CC2)NC(=O)C1C1CC1. The van der Waals surface area contributed by atoms with Crippen LogP contribution < -0.4 is 5.32 Å². The molecule has 2 amide bonds. The summed E-state index contributed by atoms with van der Waals surface area (Å²) in [6.07, 6.45) is 6.24. The van der Waals surface area contributed by atoms with Crippen molar-refractivity contribution in [3.05, 3.63) is 0 Å². The van der Waals surface area contributed by atoms with Gasteiger partial charge in [-0.3, -0.25) is 9.59 Å². The van der Waals surface area contributed by atoms with Gasteiger partial charge in [-0.05, 0) is 50.4 Å². The fourth-order valence-electron chi connectivity index (χ4n) is 3.42. The Labute approximate surface area is 114 Å². The molecule has 3 rings (SSSR count). The van der Waals surface area contributed by atoms with Crippen molar-refractivity contribution in [1.82, 2.24) is 10.2 Å². The van der Waals surface area contributed by atoms with E-state index in [4.69, 9.17) is 0 Å². The van der Waals surface area contributed by atoms with E-state index in [-0.39, 0.29) is 29.9 Å². The first-order chi connectivity index (χ1) is 9.17. The van der Waals surface area contributed by atoms with Crippen molar-refractivity contribution in [3.63, 3.8) is 0 Å².